The molecule has 4 aromatic rings. The summed E-state index contributed by atoms with van der Waals surface area (Å²) in [5.74, 6) is -0.0139. The van der Waals surface area contributed by atoms with Crippen LogP contribution in [-0.2, 0) is 24.4 Å². The molecule has 32 heavy (non-hydrogen) atoms. The predicted molar refractivity (Wildman–Crippen MR) is 126 cm³/mol. The molecule has 0 saturated carbocycles. The summed E-state index contributed by atoms with van der Waals surface area (Å²) in [6, 6.07) is 10.4. The van der Waals surface area contributed by atoms with Crippen LogP contribution in [0.4, 0.5) is 0 Å². The molecule has 7 nitrogen and oxygen atoms in total. The molecule has 0 aliphatic rings. The number of aryl methyl sites for hydroxylation is 4. The van der Waals surface area contributed by atoms with Crippen LogP contribution in [0.15, 0.2) is 36.5 Å². The summed E-state index contributed by atoms with van der Waals surface area (Å²) in [5.41, 5.74) is 8.19. The van der Waals surface area contributed by atoms with Gasteiger partial charge in [-0.05, 0) is 51.8 Å². The Hall–Kier alpha value is -3.48. The molecule has 0 aliphatic heterocycles. The SMILES string of the molecule is CCn1nc(C)c(CN(C)C(=O)Cn2nc(C)c3c(-c4ccc(C)cc4)ccnc32)c1C. The standard InChI is InChI=1S/C25H30N6O/c1-7-30-19(5)22(17(3)27-30)14-29(6)23(32)15-31-25-24(18(4)28-31)21(12-13-26-25)20-10-8-16(2)9-11-20/h8-13H,7,14-15H2,1-6H3. The normalized spacial score (nSPS) is 11.3. The molecule has 0 unspecified atom stereocenters. The Morgan fingerprint density at radius 1 is 0.969 bits per heavy atom. The van der Waals surface area contributed by atoms with Crippen molar-refractivity contribution in [1.82, 2.24) is 29.4 Å². The van der Waals surface area contributed by atoms with Gasteiger partial charge in [-0.25, -0.2) is 9.67 Å². The Morgan fingerprint density at radius 3 is 2.31 bits per heavy atom. The zero-order chi connectivity index (χ0) is 23.0. The van der Waals surface area contributed by atoms with Gasteiger partial charge in [-0.2, -0.15) is 10.2 Å². The van der Waals surface area contributed by atoms with Gasteiger partial charge in [0.25, 0.3) is 0 Å². The number of pyridine rings is 1. The monoisotopic (exact) mass is 430 g/mol. The van der Waals surface area contributed by atoms with E-state index in [1.807, 2.05) is 31.6 Å². The number of hydrogen-bond acceptors (Lipinski definition) is 4. The molecule has 0 radical (unpaired) electrons. The highest BCUT2D eigenvalue weighted by atomic mass is 16.2. The first-order valence-electron chi connectivity index (χ1n) is 11.0. The minimum atomic E-state index is -0.0139. The van der Waals surface area contributed by atoms with Crippen LogP contribution in [0.1, 0.15) is 35.1 Å². The maximum absolute atomic E-state index is 13.1. The van der Waals surface area contributed by atoms with Crippen molar-refractivity contribution in [2.75, 3.05) is 7.05 Å². The third-order valence-electron chi connectivity index (χ3n) is 6.11. The van der Waals surface area contributed by atoms with Crippen LogP contribution in [0.2, 0.25) is 0 Å². The Balaban J connectivity index is 1.61. The van der Waals surface area contributed by atoms with Crippen LogP contribution < -0.4 is 0 Å². The summed E-state index contributed by atoms with van der Waals surface area (Å²) >= 11 is 0. The lowest BCUT2D eigenvalue weighted by Gasteiger charge is -2.18. The Kier molecular flexibility index (Phi) is 5.82. The zero-order valence-corrected chi connectivity index (χ0v) is 19.7. The summed E-state index contributed by atoms with van der Waals surface area (Å²) in [5, 5.41) is 10.2. The zero-order valence-electron chi connectivity index (χ0n) is 19.7. The van der Waals surface area contributed by atoms with Gasteiger partial charge in [-0.15, -0.1) is 0 Å². The van der Waals surface area contributed by atoms with Crippen LogP contribution in [0.5, 0.6) is 0 Å². The number of hydrogen-bond donors (Lipinski definition) is 0. The van der Waals surface area contributed by atoms with Gasteiger partial charge >= 0.3 is 0 Å². The Bertz CT molecular complexity index is 1280. The maximum Gasteiger partial charge on any atom is 0.244 e. The second-order valence-corrected chi connectivity index (χ2v) is 8.38. The van der Waals surface area contributed by atoms with Crippen molar-refractivity contribution in [2.24, 2.45) is 0 Å². The summed E-state index contributed by atoms with van der Waals surface area (Å²) in [6.45, 7) is 11.7. The summed E-state index contributed by atoms with van der Waals surface area (Å²) in [6.07, 6.45) is 1.79. The highest BCUT2D eigenvalue weighted by Gasteiger charge is 2.20. The average Bonchev–Trinajstić information content (AvgIpc) is 3.24. The van der Waals surface area contributed by atoms with Crippen molar-refractivity contribution in [1.29, 1.82) is 0 Å². The van der Waals surface area contributed by atoms with Crippen molar-refractivity contribution < 1.29 is 4.79 Å². The molecule has 0 saturated heterocycles. The lowest BCUT2D eigenvalue weighted by molar-refractivity contribution is -0.131. The fourth-order valence-electron chi connectivity index (χ4n) is 4.21. The number of nitrogens with zero attached hydrogens (tertiary/aromatic N) is 6. The van der Waals surface area contributed by atoms with E-state index in [1.54, 1.807) is 15.8 Å². The first-order valence-corrected chi connectivity index (χ1v) is 11.0. The Labute approximate surface area is 188 Å². The molecule has 0 atom stereocenters. The van der Waals surface area contributed by atoms with Gasteiger partial charge in [0.1, 0.15) is 6.54 Å². The number of aromatic nitrogens is 5. The predicted octanol–water partition coefficient (Wildman–Crippen LogP) is 4.21. The molecule has 3 heterocycles. The third kappa shape index (κ3) is 3.90. The van der Waals surface area contributed by atoms with E-state index < -0.39 is 0 Å². The summed E-state index contributed by atoms with van der Waals surface area (Å²) in [4.78, 5) is 19.4. The maximum atomic E-state index is 13.1. The van der Waals surface area contributed by atoms with Gasteiger partial charge in [0.2, 0.25) is 5.91 Å². The van der Waals surface area contributed by atoms with Gasteiger partial charge in [0, 0.05) is 43.0 Å². The number of fused-ring (bicyclic) bond motifs is 1. The lowest BCUT2D eigenvalue weighted by Crippen LogP contribution is -2.30. The second kappa shape index (κ2) is 8.57. The molecular weight excluding hydrogens is 400 g/mol. The van der Waals surface area contributed by atoms with Crippen molar-refractivity contribution in [3.63, 3.8) is 0 Å². The van der Waals surface area contributed by atoms with E-state index in [-0.39, 0.29) is 12.5 Å². The van der Waals surface area contributed by atoms with E-state index in [0.29, 0.717) is 6.54 Å². The third-order valence-corrected chi connectivity index (χ3v) is 6.11. The minimum absolute atomic E-state index is 0.0139. The van der Waals surface area contributed by atoms with E-state index >= 15 is 0 Å². The van der Waals surface area contributed by atoms with Crippen molar-refractivity contribution in [3.8, 4) is 11.1 Å². The smallest absolute Gasteiger partial charge is 0.244 e. The second-order valence-electron chi connectivity index (χ2n) is 8.38. The molecule has 1 aromatic carbocycles. The fraction of sp³-hybridized carbons (Fsp3) is 0.360. The number of likely N-dealkylation sites (N-methyl/N-ethyl adjacent to an activating group) is 1. The van der Waals surface area contributed by atoms with Gasteiger partial charge in [-0.1, -0.05) is 29.8 Å². The molecule has 1 amide bonds. The Morgan fingerprint density at radius 2 is 1.66 bits per heavy atom. The number of benzene rings is 1. The quantitative estimate of drug-likeness (QED) is 0.460. The van der Waals surface area contributed by atoms with Crippen molar-refractivity contribution in [3.05, 3.63) is 64.7 Å². The first-order chi connectivity index (χ1) is 15.3. The van der Waals surface area contributed by atoms with Gasteiger partial charge in [-0.3, -0.25) is 9.48 Å². The molecule has 0 bridgehead atoms. The molecule has 0 fully saturated rings. The first kappa shape index (κ1) is 21.7. The number of carbonyl (C=O) groups is 1. The average molecular weight is 431 g/mol. The molecule has 0 N–H and O–H groups in total. The van der Waals surface area contributed by atoms with E-state index in [0.717, 1.165) is 51.4 Å². The summed E-state index contributed by atoms with van der Waals surface area (Å²) < 4.78 is 3.69. The van der Waals surface area contributed by atoms with Gasteiger partial charge in [0.05, 0.1) is 11.4 Å². The van der Waals surface area contributed by atoms with E-state index in [9.17, 15) is 4.79 Å². The molecule has 3 aromatic heterocycles. The fourth-order valence-corrected chi connectivity index (χ4v) is 4.21. The van der Waals surface area contributed by atoms with Crippen LogP contribution in [0.25, 0.3) is 22.2 Å². The topological polar surface area (TPSA) is 68.8 Å². The lowest BCUT2D eigenvalue weighted by atomic mass is 10.0. The van der Waals surface area contributed by atoms with E-state index in [4.69, 9.17) is 0 Å². The van der Waals surface area contributed by atoms with Crippen LogP contribution in [0, 0.1) is 27.7 Å². The van der Waals surface area contributed by atoms with Gasteiger partial charge < -0.3 is 4.90 Å². The molecule has 7 heteroatoms. The van der Waals surface area contributed by atoms with E-state index in [1.165, 1.54) is 5.56 Å². The summed E-state index contributed by atoms with van der Waals surface area (Å²) in [7, 11) is 1.83. The molecule has 166 valence electrons. The van der Waals surface area contributed by atoms with Crippen molar-refractivity contribution >= 4 is 16.9 Å². The highest BCUT2D eigenvalue weighted by molar-refractivity contribution is 5.95. The van der Waals surface area contributed by atoms with Crippen molar-refractivity contribution in [2.45, 2.75) is 54.3 Å². The largest absolute Gasteiger partial charge is 0.340 e. The van der Waals surface area contributed by atoms with E-state index in [2.05, 4.69) is 60.2 Å². The number of rotatable bonds is 6. The molecule has 0 spiro atoms. The highest BCUT2D eigenvalue weighted by Crippen LogP contribution is 2.30. The molecule has 4 rings (SSSR count). The van der Waals surface area contributed by atoms with Gasteiger partial charge in [0.15, 0.2) is 5.65 Å². The molecular formula is C25H30N6O. The van der Waals surface area contributed by atoms with Crippen LogP contribution in [-0.4, -0.2) is 42.4 Å². The minimum Gasteiger partial charge on any atom is -0.340 e. The van der Waals surface area contributed by atoms with Crippen LogP contribution >= 0.6 is 0 Å². The number of amides is 1. The molecule has 0 aliphatic carbocycles. The number of carbonyl (C=O) groups excluding carboxylic acids is 1. The van der Waals surface area contributed by atoms with Crippen LogP contribution in [0.3, 0.4) is 0 Å².